The summed E-state index contributed by atoms with van der Waals surface area (Å²) in [6, 6.07) is 9.59. The highest BCUT2D eigenvalue weighted by Gasteiger charge is 2.45. The predicted octanol–water partition coefficient (Wildman–Crippen LogP) is 2.09. The summed E-state index contributed by atoms with van der Waals surface area (Å²) in [4.78, 5) is 12.7. The quantitative estimate of drug-likeness (QED) is 0.837. The van der Waals surface area contributed by atoms with Crippen molar-refractivity contribution in [3.8, 4) is 0 Å². The number of rotatable bonds is 3. The second-order valence-corrected chi connectivity index (χ2v) is 5.70. The van der Waals surface area contributed by atoms with Gasteiger partial charge in [-0.2, -0.15) is 0 Å². The average Bonchev–Trinajstić information content (AvgIpc) is 2.58. The first kappa shape index (κ1) is 12.5. The maximum absolute atomic E-state index is 11.7. The van der Waals surface area contributed by atoms with Gasteiger partial charge in [-0.3, -0.25) is 4.79 Å². The van der Waals surface area contributed by atoms with E-state index in [1.54, 1.807) is 0 Å². The molecule has 0 unspecified atom stereocenters. The average molecular weight is 252 g/mol. The van der Waals surface area contributed by atoms with Gasteiger partial charge in [0, 0.05) is 4.90 Å². The highest BCUT2D eigenvalue weighted by Crippen LogP contribution is 2.34. The van der Waals surface area contributed by atoms with Gasteiger partial charge in [0.05, 0.1) is 0 Å². The lowest BCUT2D eigenvalue weighted by Gasteiger charge is -2.18. The monoisotopic (exact) mass is 252 g/mol. The van der Waals surface area contributed by atoms with E-state index in [2.05, 4.69) is 0 Å². The van der Waals surface area contributed by atoms with Crippen molar-refractivity contribution in [3.63, 3.8) is 0 Å². The molecule has 1 fully saturated rings. The van der Waals surface area contributed by atoms with Crippen LogP contribution in [0.1, 0.15) is 13.8 Å². The molecule has 1 N–H and O–H groups in total. The Morgan fingerprint density at radius 3 is 2.47 bits per heavy atom. The van der Waals surface area contributed by atoms with Crippen molar-refractivity contribution < 1.29 is 14.6 Å². The van der Waals surface area contributed by atoms with Gasteiger partial charge in [0.1, 0.15) is 17.5 Å². The smallest absolute Gasteiger partial charge is 0.322 e. The van der Waals surface area contributed by atoms with Crippen molar-refractivity contribution in [1.82, 2.24) is 0 Å². The van der Waals surface area contributed by atoms with Gasteiger partial charge in [-0.1, -0.05) is 32.0 Å². The lowest BCUT2D eigenvalue weighted by Crippen LogP contribution is -2.32. The summed E-state index contributed by atoms with van der Waals surface area (Å²) in [5.74, 6) is -0.180. The van der Waals surface area contributed by atoms with Crippen molar-refractivity contribution in [1.29, 1.82) is 0 Å². The zero-order valence-electron chi connectivity index (χ0n) is 9.87. The molecule has 1 aromatic carbocycles. The van der Waals surface area contributed by atoms with E-state index in [0.29, 0.717) is 0 Å². The minimum Gasteiger partial charge on any atom is -0.458 e. The lowest BCUT2D eigenvalue weighted by atomic mass is 10.0. The number of hydrogen-bond acceptors (Lipinski definition) is 4. The Bertz CT molecular complexity index is 391. The summed E-state index contributed by atoms with van der Waals surface area (Å²) in [5.41, 5.74) is 0. The second kappa shape index (κ2) is 5.10. The van der Waals surface area contributed by atoms with Gasteiger partial charge in [0.2, 0.25) is 0 Å². The lowest BCUT2D eigenvalue weighted by molar-refractivity contribution is -0.143. The van der Waals surface area contributed by atoms with E-state index in [0.717, 1.165) is 4.90 Å². The topological polar surface area (TPSA) is 46.5 Å². The summed E-state index contributed by atoms with van der Waals surface area (Å²) < 4.78 is 5.21. The van der Waals surface area contributed by atoms with Crippen LogP contribution in [0, 0.1) is 5.92 Å². The van der Waals surface area contributed by atoms with E-state index in [1.807, 2.05) is 44.2 Å². The normalized spacial score (nSPS) is 28.5. The van der Waals surface area contributed by atoms with E-state index in [-0.39, 0.29) is 18.0 Å². The van der Waals surface area contributed by atoms with Crippen LogP contribution in [0.2, 0.25) is 0 Å². The molecule has 0 radical (unpaired) electrons. The summed E-state index contributed by atoms with van der Waals surface area (Å²) in [5, 5.41) is 9.57. The third-order valence-electron chi connectivity index (χ3n) is 2.79. The van der Waals surface area contributed by atoms with E-state index < -0.39 is 11.4 Å². The zero-order chi connectivity index (χ0) is 12.4. The molecule has 3 atom stereocenters. The van der Waals surface area contributed by atoms with Crippen LogP contribution in [0.5, 0.6) is 0 Å². The molecule has 92 valence electrons. The number of carbonyl (C=O) groups is 1. The van der Waals surface area contributed by atoms with Crippen molar-refractivity contribution in [3.05, 3.63) is 30.3 Å². The summed E-state index contributed by atoms with van der Waals surface area (Å²) in [6.07, 6.45) is -1.11. The van der Waals surface area contributed by atoms with Gasteiger partial charge in [0.15, 0.2) is 0 Å². The Morgan fingerprint density at radius 1 is 1.29 bits per heavy atom. The van der Waals surface area contributed by atoms with Crippen molar-refractivity contribution in [2.75, 3.05) is 0 Å². The minimum atomic E-state index is -0.729. The molecular weight excluding hydrogens is 236 g/mol. The van der Waals surface area contributed by atoms with Gasteiger partial charge < -0.3 is 9.84 Å². The Labute approximate surface area is 105 Å². The molecule has 0 aliphatic carbocycles. The molecule has 1 aromatic rings. The van der Waals surface area contributed by atoms with Crippen molar-refractivity contribution in [2.24, 2.45) is 5.92 Å². The van der Waals surface area contributed by atoms with Gasteiger partial charge in [-0.15, -0.1) is 11.8 Å². The molecule has 0 aromatic heterocycles. The summed E-state index contributed by atoms with van der Waals surface area (Å²) in [7, 11) is 0. The first-order valence-corrected chi connectivity index (χ1v) is 6.58. The predicted molar refractivity (Wildman–Crippen MR) is 66.8 cm³/mol. The molecule has 1 aliphatic rings. The Hall–Kier alpha value is -1.00. The van der Waals surface area contributed by atoms with E-state index in [1.165, 1.54) is 11.8 Å². The van der Waals surface area contributed by atoms with Crippen LogP contribution < -0.4 is 0 Å². The van der Waals surface area contributed by atoms with Gasteiger partial charge in [-0.25, -0.2) is 0 Å². The van der Waals surface area contributed by atoms with Crippen molar-refractivity contribution >= 4 is 17.7 Å². The van der Waals surface area contributed by atoms with Crippen LogP contribution in [0.15, 0.2) is 35.2 Å². The fraction of sp³-hybridized carbons (Fsp3) is 0.462. The number of esters is 1. The molecule has 2 rings (SSSR count). The standard InChI is InChI=1S/C13H16O3S/c1-8(2)11-10(14)12(13(15)16-11)17-9-6-4-3-5-7-9/h3-8,10-12,14H,1-2H3/t10-,11-,12-/m0/s1. The third kappa shape index (κ3) is 2.64. The number of ether oxygens (including phenoxy) is 1. The molecule has 4 heteroatoms. The van der Waals surface area contributed by atoms with Crippen LogP contribution in [0.3, 0.4) is 0 Å². The molecular formula is C13H16O3S. The van der Waals surface area contributed by atoms with Crippen molar-refractivity contribution in [2.45, 2.75) is 36.2 Å². The SMILES string of the molecule is CC(C)[C@@H]1OC(=O)[C@@H](Sc2ccccc2)[C@H]1O. The van der Waals surface area contributed by atoms with Crippen LogP contribution in [0.25, 0.3) is 0 Å². The summed E-state index contributed by atoms with van der Waals surface area (Å²) in [6.45, 7) is 3.88. The number of carbonyl (C=O) groups excluding carboxylic acids is 1. The van der Waals surface area contributed by atoms with E-state index in [9.17, 15) is 9.90 Å². The maximum Gasteiger partial charge on any atom is 0.322 e. The molecule has 1 aliphatic heterocycles. The number of cyclic esters (lactones) is 1. The Morgan fingerprint density at radius 2 is 1.94 bits per heavy atom. The maximum atomic E-state index is 11.7. The molecule has 0 bridgehead atoms. The molecule has 17 heavy (non-hydrogen) atoms. The highest BCUT2D eigenvalue weighted by molar-refractivity contribution is 8.00. The molecule has 0 spiro atoms. The first-order chi connectivity index (χ1) is 8.09. The molecule has 1 heterocycles. The number of aliphatic hydroxyl groups is 1. The van der Waals surface area contributed by atoms with E-state index >= 15 is 0 Å². The largest absolute Gasteiger partial charge is 0.458 e. The zero-order valence-corrected chi connectivity index (χ0v) is 10.7. The third-order valence-corrected chi connectivity index (χ3v) is 4.06. The fourth-order valence-electron chi connectivity index (χ4n) is 1.88. The van der Waals surface area contributed by atoms with Gasteiger partial charge in [-0.05, 0) is 18.1 Å². The summed E-state index contributed by atoms with van der Waals surface area (Å²) >= 11 is 1.36. The minimum absolute atomic E-state index is 0.135. The van der Waals surface area contributed by atoms with Crippen LogP contribution >= 0.6 is 11.8 Å². The molecule has 3 nitrogen and oxygen atoms in total. The van der Waals surface area contributed by atoms with Crippen LogP contribution in [-0.2, 0) is 9.53 Å². The van der Waals surface area contributed by atoms with E-state index in [4.69, 9.17) is 4.74 Å². The first-order valence-electron chi connectivity index (χ1n) is 5.70. The van der Waals surface area contributed by atoms with Crippen LogP contribution in [-0.4, -0.2) is 28.5 Å². The number of aliphatic hydroxyl groups excluding tert-OH is 1. The fourth-order valence-corrected chi connectivity index (χ4v) is 2.93. The molecule has 0 saturated carbocycles. The molecule has 1 saturated heterocycles. The number of benzene rings is 1. The number of hydrogen-bond donors (Lipinski definition) is 1. The van der Waals surface area contributed by atoms with Gasteiger partial charge >= 0.3 is 5.97 Å². The molecule has 0 amide bonds. The van der Waals surface area contributed by atoms with Crippen LogP contribution in [0.4, 0.5) is 0 Å². The Kier molecular flexibility index (Phi) is 3.74. The van der Waals surface area contributed by atoms with Gasteiger partial charge in [0.25, 0.3) is 0 Å². The number of thioether (sulfide) groups is 1. The Balaban J connectivity index is 2.09. The second-order valence-electron chi connectivity index (χ2n) is 4.49. The highest BCUT2D eigenvalue weighted by atomic mass is 32.2.